The molecule has 0 aromatic heterocycles. The molecule has 5 N–H and O–H groups in total. The molecular weight excluding hydrogens is 609 g/mol. The summed E-state index contributed by atoms with van der Waals surface area (Å²) in [4.78, 5) is 0. The molecule has 0 radical (unpaired) electrons. The van der Waals surface area contributed by atoms with Crippen LogP contribution < -0.4 is 0 Å². The number of hydrogen-bond donors (Lipinski definition) is 5. The van der Waals surface area contributed by atoms with Gasteiger partial charge in [0.05, 0.1) is 0 Å². The van der Waals surface area contributed by atoms with Gasteiger partial charge < -0.3 is 43.8 Å². The smallest absolute Gasteiger partial charge is 0.508 e. The van der Waals surface area contributed by atoms with E-state index in [0.717, 1.165) is 44.8 Å². The first kappa shape index (κ1) is 51.3. The van der Waals surface area contributed by atoms with Gasteiger partial charge in [-0.05, 0) is 63.5 Å². The van der Waals surface area contributed by atoms with Crippen LogP contribution in [-0.4, -0.2) is 73.4 Å². The lowest BCUT2D eigenvalue weighted by atomic mass is 9.82. The molecule has 282 valence electrons. The summed E-state index contributed by atoms with van der Waals surface area (Å²) in [5.74, 6) is 0.361. The highest BCUT2D eigenvalue weighted by Gasteiger charge is 2.13. The van der Waals surface area contributed by atoms with E-state index in [4.69, 9.17) is 34.1 Å². The van der Waals surface area contributed by atoms with Gasteiger partial charge in [0.2, 0.25) is 0 Å². The third-order valence-electron chi connectivity index (χ3n) is 7.25. The Balaban J connectivity index is -0.000000567. The minimum absolute atomic E-state index is 0.361. The summed E-state index contributed by atoms with van der Waals surface area (Å²) in [6.07, 6.45) is 23.7. The van der Waals surface area contributed by atoms with Crippen molar-refractivity contribution in [2.24, 2.45) is 0 Å². The Bertz CT molecular complexity index is 682. The van der Waals surface area contributed by atoms with Crippen LogP contribution in [0.5, 0.6) is 5.75 Å². The zero-order chi connectivity index (χ0) is 36.5. The second-order valence-electron chi connectivity index (χ2n) is 11.9. The van der Waals surface area contributed by atoms with Crippen molar-refractivity contribution in [1.82, 2.24) is 0 Å². The maximum absolute atomic E-state index is 9.18. The minimum atomic E-state index is -1.60. The molecule has 0 heterocycles. The quantitative estimate of drug-likeness (QED) is 0.0434. The molecule has 1 aromatic carbocycles. The van der Waals surface area contributed by atoms with Crippen molar-refractivity contribution in [2.75, 3.05) is 26.4 Å². The van der Waals surface area contributed by atoms with Gasteiger partial charge in [0, 0.05) is 26.4 Å². The number of phenolic OH excluding ortho intramolecular Hbond substituents is 1. The van der Waals surface area contributed by atoms with Crippen LogP contribution in [-0.2, 0) is 25.0 Å². The van der Waals surface area contributed by atoms with Crippen LogP contribution in [0.3, 0.4) is 0 Å². The first-order valence-electron chi connectivity index (χ1n) is 19.2. The lowest BCUT2D eigenvalue weighted by Crippen LogP contribution is -2.22. The number of hydrogen-bond acceptors (Lipinski definition) is 9. The van der Waals surface area contributed by atoms with E-state index in [0.29, 0.717) is 32.2 Å². The van der Waals surface area contributed by atoms with Crippen LogP contribution in [0.1, 0.15) is 163 Å². The average Bonchev–Trinajstić information content (AvgIpc) is 3.06. The average molecular weight is 684 g/mol. The van der Waals surface area contributed by atoms with Crippen molar-refractivity contribution < 1.29 is 43.8 Å². The molecule has 0 saturated carbocycles. The summed E-state index contributed by atoms with van der Waals surface area (Å²) < 4.78 is 19.2. The van der Waals surface area contributed by atoms with Crippen LogP contribution in [0.2, 0.25) is 6.32 Å². The van der Waals surface area contributed by atoms with E-state index in [1.54, 1.807) is 12.1 Å². The summed E-state index contributed by atoms with van der Waals surface area (Å²) >= 11 is 0. The van der Waals surface area contributed by atoms with Gasteiger partial charge in [-0.25, -0.2) is 0 Å². The summed E-state index contributed by atoms with van der Waals surface area (Å²) in [6.45, 7) is 14.6. The van der Waals surface area contributed by atoms with E-state index in [9.17, 15) is 5.02 Å². The Labute approximate surface area is 297 Å². The first-order chi connectivity index (χ1) is 23.2. The Hall–Kier alpha value is -1.11. The molecule has 12 heteroatoms. The molecule has 0 aliphatic heterocycles. The van der Waals surface area contributed by atoms with E-state index in [1.165, 1.54) is 89.0 Å². The van der Waals surface area contributed by atoms with Crippen molar-refractivity contribution in [3.8, 4) is 5.75 Å². The molecular formula is C36H75B3O9. The predicted molar refractivity (Wildman–Crippen MR) is 204 cm³/mol. The van der Waals surface area contributed by atoms with Gasteiger partial charge in [-0.15, -0.1) is 0 Å². The van der Waals surface area contributed by atoms with Crippen LogP contribution >= 0.6 is 0 Å². The molecule has 0 saturated heterocycles. The zero-order valence-corrected chi connectivity index (χ0v) is 31.9. The Morgan fingerprint density at radius 3 is 1.38 bits per heavy atom. The van der Waals surface area contributed by atoms with E-state index in [-0.39, 0.29) is 0 Å². The molecule has 0 atom stereocenters. The molecule has 48 heavy (non-hydrogen) atoms. The van der Waals surface area contributed by atoms with Gasteiger partial charge in [0.15, 0.2) is 0 Å². The number of rotatable bonds is 28. The lowest BCUT2D eigenvalue weighted by molar-refractivity contribution is 0.136. The van der Waals surface area contributed by atoms with Crippen molar-refractivity contribution >= 4 is 21.8 Å². The van der Waals surface area contributed by atoms with Gasteiger partial charge in [-0.3, -0.25) is 0 Å². The maximum atomic E-state index is 9.18. The molecule has 1 rings (SSSR count). The van der Waals surface area contributed by atoms with E-state index < -0.39 is 21.8 Å². The predicted octanol–water partition coefficient (Wildman–Crippen LogP) is 8.53. The SMILES string of the molecule is CCCCCCCB(O)OCC.CCCCCCCc1ccc(O)cc1.CCCCCCOB(O)O.CCCCCCOB(O)OCC. The largest absolute Gasteiger partial charge is 0.636 e. The van der Waals surface area contributed by atoms with Gasteiger partial charge in [-0.2, -0.15) is 0 Å². The molecule has 0 unspecified atom stereocenters. The topological polar surface area (TPSA) is 138 Å². The standard InChI is InChI=1S/C13H20O.C9H21BO2.C8H19BO3.C6H15BO3/c1-2-3-4-5-6-7-12-8-10-13(14)11-9-12;1-3-5-6-7-8-9-10(11)12-4-2;1-3-5-6-7-8-12-9(10)11-4-2;1-2-3-4-5-6-10-7(8)9/h8-11,14H,2-7H2,1H3;11H,3-9H2,1-2H3;10H,3-8H2,1-2H3;8-9H,2-6H2,1H3. The maximum Gasteiger partial charge on any atom is 0.636 e. The highest BCUT2D eigenvalue weighted by molar-refractivity contribution is 6.42. The Morgan fingerprint density at radius 2 is 0.917 bits per heavy atom. The van der Waals surface area contributed by atoms with Crippen molar-refractivity contribution in [3.63, 3.8) is 0 Å². The van der Waals surface area contributed by atoms with Crippen molar-refractivity contribution in [2.45, 2.75) is 170 Å². The molecule has 0 aliphatic carbocycles. The molecule has 0 aliphatic rings. The van der Waals surface area contributed by atoms with Crippen molar-refractivity contribution in [3.05, 3.63) is 29.8 Å². The number of unbranched alkanes of at least 4 members (excludes halogenated alkanes) is 14. The number of phenols is 1. The van der Waals surface area contributed by atoms with Crippen LogP contribution in [0.25, 0.3) is 0 Å². The number of aromatic hydroxyl groups is 1. The zero-order valence-electron chi connectivity index (χ0n) is 31.9. The molecule has 0 amide bonds. The van der Waals surface area contributed by atoms with E-state index in [1.807, 2.05) is 26.0 Å². The van der Waals surface area contributed by atoms with Crippen molar-refractivity contribution in [1.29, 1.82) is 0 Å². The molecule has 0 fully saturated rings. The summed E-state index contributed by atoms with van der Waals surface area (Å²) in [6, 6.07) is 7.55. The van der Waals surface area contributed by atoms with Crippen LogP contribution in [0.15, 0.2) is 24.3 Å². The van der Waals surface area contributed by atoms with Crippen LogP contribution in [0, 0.1) is 0 Å². The second-order valence-corrected chi connectivity index (χ2v) is 11.9. The molecule has 0 bridgehead atoms. The summed E-state index contributed by atoms with van der Waals surface area (Å²) in [7, 11) is -3.16. The highest BCUT2D eigenvalue weighted by atomic mass is 16.7. The molecule has 0 spiro atoms. The minimum Gasteiger partial charge on any atom is -0.508 e. The highest BCUT2D eigenvalue weighted by Crippen LogP contribution is 2.13. The lowest BCUT2D eigenvalue weighted by Gasteiger charge is -2.06. The summed E-state index contributed by atoms with van der Waals surface area (Å²) in [5, 5.41) is 43.7. The van der Waals surface area contributed by atoms with Gasteiger partial charge in [0.1, 0.15) is 5.75 Å². The monoisotopic (exact) mass is 685 g/mol. The third-order valence-corrected chi connectivity index (χ3v) is 7.25. The van der Waals surface area contributed by atoms with Crippen LogP contribution in [0.4, 0.5) is 0 Å². The second kappa shape index (κ2) is 43.9. The van der Waals surface area contributed by atoms with E-state index in [2.05, 4.69) is 32.3 Å². The fourth-order valence-corrected chi connectivity index (χ4v) is 4.41. The van der Waals surface area contributed by atoms with E-state index >= 15 is 0 Å². The number of aryl methyl sites for hydroxylation is 1. The van der Waals surface area contributed by atoms with Gasteiger partial charge in [-0.1, -0.05) is 136 Å². The Morgan fingerprint density at radius 1 is 0.479 bits per heavy atom. The third kappa shape index (κ3) is 47.0. The number of benzene rings is 1. The fourth-order valence-electron chi connectivity index (χ4n) is 4.41. The Kier molecular flexibility index (Phi) is 46.9. The molecule has 9 nitrogen and oxygen atoms in total. The fraction of sp³-hybridized carbons (Fsp3) is 0.833. The normalized spacial score (nSPS) is 10.2. The molecule has 1 aromatic rings. The first-order valence-corrected chi connectivity index (χ1v) is 19.2. The van der Waals surface area contributed by atoms with Gasteiger partial charge in [0.25, 0.3) is 0 Å². The summed E-state index contributed by atoms with van der Waals surface area (Å²) in [5.41, 5.74) is 1.33. The van der Waals surface area contributed by atoms with Gasteiger partial charge >= 0.3 is 21.8 Å².